The number of aromatic amines is 1. The van der Waals surface area contributed by atoms with Gasteiger partial charge in [0.25, 0.3) is 5.91 Å². The van der Waals surface area contributed by atoms with E-state index >= 15 is 0 Å². The van der Waals surface area contributed by atoms with Gasteiger partial charge in [0.15, 0.2) is 5.69 Å². The molecule has 1 aliphatic heterocycles. The van der Waals surface area contributed by atoms with Crippen LogP contribution in [0.2, 0.25) is 0 Å². The lowest BCUT2D eigenvalue weighted by molar-refractivity contribution is -0.118. The van der Waals surface area contributed by atoms with Gasteiger partial charge in [0.2, 0.25) is 5.88 Å². The maximum absolute atomic E-state index is 13.3. The molecule has 1 amide bonds. The van der Waals surface area contributed by atoms with Gasteiger partial charge in [-0.15, -0.1) is 10.2 Å². The molecular formula is C16H19FN4O2. The number of aromatic hydroxyl groups is 1. The molecule has 2 N–H and O–H groups in total. The number of benzene rings is 1. The van der Waals surface area contributed by atoms with E-state index in [0.717, 1.165) is 13.1 Å². The number of hydrogen-bond donors (Lipinski definition) is 2. The second kappa shape index (κ2) is 6.87. The lowest BCUT2D eigenvalue weighted by Gasteiger charge is -2.25. The summed E-state index contributed by atoms with van der Waals surface area (Å²) in [6.45, 7) is 2.71. The fraction of sp³-hybridized carbons (Fsp3) is 0.438. The van der Waals surface area contributed by atoms with Crippen molar-refractivity contribution < 1.29 is 14.3 Å². The molecule has 1 fully saturated rings. The largest absolute Gasteiger partial charge is 0.493 e. The highest BCUT2D eigenvalue weighted by molar-refractivity contribution is 5.94. The van der Waals surface area contributed by atoms with Crippen molar-refractivity contribution in [3.05, 3.63) is 24.0 Å². The highest BCUT2D eigenvalue weighted by Gasteiger charge is 2.13. The Labute approximate surface area is 133 Å². The molecule has 1 aliphatic rings. The molecule has 6 nitrogen and oxygen atoms in total. The number of fused-ring (bicyclic) bond motifs is 1. The molecule has 122 valence electrons. The van der Waals surface area contributed by atoms with E-state index in [1.165, 1.54) is 37.5 Å². The van der Waals surface area contributed by atoms with Crippen LogP contribution < -0.4 is 0 Å². The van der Waals surface area contributed by atoms with E-state index in [9.17, 15) is 14.3 Å². The van der Waals surface area contributed by atoms with Gasteiger partial charge in [-0.05, 0) is 44.1 Å². The summed E-state index contributed by atoms with van der Waals surface area (Å²) in [5, 5.41) is 17.7. The van der Waals surface area contributed by atoms with E-state index in [2.05, 4.69) is 20.1 Å². The standard InChI is InChI=1S/C16H19FN4O2/c17-11-4-5-13-12(10-11)15(16(23)18-13)20-19-14(22)6-9-21-7-2-1-3-8-21/h4-5,10,18,23H,1-3,6-9H2. The van der Waals surface area contributed by atoms with Crippen LogP contribution in [0.15, 0.2) is 28.4 Å². The first-order valence-electron chi connectivity index (χ1n) is 7.80. The summed E-state index contributed by atoms with van der Waals surface area (Å²) < 4.78 is 13.3. The van der Waals surface area contributed by atoms with Crippen molar-refractivity contribution in [3.63, 3.8) is 0 Å². The fourth-order valence-corrected chi connectivity index (χ4v) is 2.83. The molecule has 7 heteroatoms. The molecule has 2 aromatic rings. The highest BCUT2D eigenvalue weighted by atomic mass is 19.1. The molecule has 0 radical (unpaired) electrons. The van der Waals surface area contributed by atoms with E-state index in [0.29, 0.717) is 23.9 Å². The van der Waals surface area contributed by atoms with E-state index in [-0.39, 0.29) is 17.5 Å². The third kappa shape index (κ3) is 3.73. The zero-order chi connectivity index (χ0) is 16.2. The van der Waals surface area contributed by atoms with Crippen molar-refractivity contribution >= 4 is 22.5 Å². The number of hydrogen-bond acceptors (Lipinski definition) is 4. The van der Waals surface area contributed by atoms with Crippen LogP contribution >= 0.6 is 0 Å². The van der Waals surface area contributed by atoms with E-state index < -0.39 is 5.82 Å². The number of carbonyl (C=O) groups excluding carboxylic acids is 1. The van der Waals surface area contributed by atoms with Gasteiger partial charge in [-0.1, -0.05) is 6.42 Å². The summed E-state index contributed by atoms with van der Waals surface area (Å²) in [7, 11) is 0. The van der Waals surface area contributed by atoms with Crippen molar-refractivity contribution in [2.45, 2.75) is 25.7 Å². The number of piperidine rings is 1. The minimum atomic E-state index is -0.440. The molecule has 0 bridgehead atoms. The van der Waals surface area contributed by atoms with Gasteiger partial charge in [-0.25, -0.2) is 4.39 Å². The molecule has 0 atom stereocenters. The summed E-state index contributed by atoms with van der Waals surface area (Å²) in [5.41, 5.74) is 0.629. The van der Waals surface area contributed by atoms with Crippen LogP contribution in [0, 0.1) is 5.82 Å². The average molecular weight is 318 g/mol. The lowest BCUT2D eigenvalue weighted by Crippen LogP contribution is -2.31. The number of nitrogens with zero attached hydrogens (tertiary/aromatic N) is 3. The number of rotatable bonds is 4. The Kier molecular flexibility index (Phi) is 4.66. The number of likely N-dealkylation sites (tertiary alicyclic amines) is 1. The second-order valence-electron chi connectivity index (χ2n) is 5.76. The summed E-state index contributed by atoms with van der Waals surface area (Å²) in [6, 6.07) is 4.03. The fourth-order valence-electron chi connectivity index (χ4n) is 2.83. The number of nitrogens with one attached hydrogen (secondary N) is 1. The summed E-state index contributed by atoms with van der Waals surface area (Å²) >= 11 is 0. The summed E-state index contributed by atoms with van der Waals surface area (Å²) in [6.07, 6.45) is 3.89. The zero-order valence-corrected chi connectivity index (χ0v) is 12.8. The van der Waals surface area contributed by atoms with E-state index in [1.54, 1.807) is 0 Å². The minimum absolute atomic E-state index is 0.0887. The molecule has 2 heterocycles. The lowest BCUT2D eigenvalue weighted by atomic mass is 10.1. The number of azo groups is 1. The SMILES string of the molecule is O=C(CCN1CCCCC1)N=Nc1c(O)[nH]c2ccc(F)cc12. The Morgan fingerprint density at radius 1 is 1.30 bits per heavy atom. The van der Waals surface area contributed by atoms with Crippen molar-refractivity contribution in [3.8, 4) is 5.88 Å². The maximum Gasteiger partial charge on any atom is 0.266 e. The predicted octanol–water partition coefficient (Wildman–Crippen LogP) is 3.50. The van der Waals surface area contributed by atoms with Crippen LogP contribution in [0.3, 0.4) is 0 Å². The average Bonchev–Trinajstić information content (AvgIpc) is 2.86. The van der Waals surface area contributed by atoms with Crippen LogP contribution in [-0.4, -0.2) is 40.5 Å². The molecule has 1 aromatic carbocycles. The van der Waals surface area contributed by atoms with Crippen LogP contribution in [0.4, 0.5) is 10.1 Å². The third-order valence-corrected chi connectivity index (χ3v) is 4.07. The topological polar surface area (TPSA) is 81.1 Å². The summed E-state index contributed by atoms with van der Waals surface area (Å²) in [5.74, 6) is -1.01. The number of aromatic nitrogens is 1. The van der Waals surface area contributed by atoms with Crippen LogP contribution in [-0.2, 0) is 4.79 Å². The Morgan fingerprint density at radius 3 is 2.87 bits per heavy atom. The molecule has 0 aliphatic carbocycles. The predicted molar refractivity (Wildman–Crippen MR) is 84.4 cm³/mol. The van der Waals surface area contributed by atoms with Crippen molar-refractivity contribution in [2.75, 3.05) is 19.6 Å². The summed E-state index contributed by atoms with van der Waals surface area (Å²) in [4.78, 5) is 16.8. The van der Waals surface area contributed by atoms with Gasteiger partial charge >= 0.3 is 0 Å². The normalized spacial score (nSPS) is 16.4. The minimum Gasteiger partial charge on any atom is -0.493 e. The first-order chi connectivity index (χ1) is 11.1. The molecule has 23 heavy (non-hydrogen) atoms. The zero-order valence-electron chi connectivity index (χ0n) is 12.8. The van der Waals surface area contributed by atoms with Crippen molar-refractivity contribution in [1.29, 1.82) is 0 Å². The van der Waals surface area contributed by atoms with Crippen molar-refractivity contribution in [2.24, 2.45) is 10.2 Å². The number of amides is 1. The Bertz CT molecular complexity index is 735. The van der Waals surface area contributed by atoms with Crippen molar-refractivity contribution in [1.82, 2.24) is 9.88 Å². The number of halogens is 1. The van der Waals surface area contributed by atoms with Gasteiger partial charge in [0, 0.05) is 18.4 Å². The molecule has 1 aromatic heterocycles. The number of H-pyrrole nitrogens is 1. The second-order valence-corrected chi connectivity index (χ2v) is 5.76. The molecule has 0 saturated carbocycles. The molecule has 1 saturated heterocycles. The quantitative estimate of drug-likeness (QED) is 0.847. The van der Waals surface area contributed by atoms with Crippen LogP contribution in [0.1, 0.15) is 25.7 Å². The first kappa shape index (κ1) is 15.6. The van der Waals surface area contributed by atoms with Crippen LogP contribution in [0.5, 0.6) is 5.88 Å². The molecule has 0 spiro atoms. The Balaban J connectivity index is 1.66. The van der Waals surface area contributed by atoms with Gasteiger partial charge < -0.3 is 15.0 Å². The Hall–Kier alpha value is -2.28. The molecular weight excluding hydrogens is 299 g/mol. The smallest absolute Gasteiger partial charge is 0.266 e. The highest BCUT2D eigenvalue weighted by Crippen LogP contribution is 2.35. The molecule has 0 unspecified atom stereocenters. The van der Waals surface area contributed by atoms with Gasteiger partial charge in [0.1, 0.15) is 5.82 Å². The monoisotopic (exact) mass is 318 g/mol. The first-order valence-corrected chi connectivity index (χ1v) is 7.80. The molecule has 3 rings (SSSR count). The van der Waals surface area contributed by atoms with E-state index in [4.69, 9.17) is 0 Å². The van der Waals surface area contributed by atoms with Gasteiger partial charge in [-0.3, -0.25) is 4.79 Å². The van der Waals surface area contributed by atoms with Gasteiger partial charge in [0.05, 0.1) is 5.52 Å². The van der Waals surface area contributed by atoms with Crippen LogP contribution in [0.25, 0.3) is 10.9 Å². The number of carbonyl (C=O) groups is 1. The Morgan fingerprint density at radius 2 is 2.09 bits per heavy atom. The van der Waals surface area contributed by atoms with Gasteiger partial charge in [-0.2, -0.15) is 0 Å². The third-order valence-electron chi connectivity index (χ3n) is 4.07. The van der Waals surface area contributed by atoms with E-state index in [1.807, 2.05) is 0 Å². The maximum atomic E-state index is 13.3.